The maximum absolute atomic E-state index is 11.1. The van der Waals surface area contributed by atoms with Gasteiger partial charge in [0.05, 0.1) is 6.54 Å². The van der Waals surface area contributed by atoms with Crippen LogP contribution >= 0.6 is 0 Å². The highest BCUT2D eigenvalue weighted by Gasteiger charge is 2.24. The number of rotatable bonds is 3. The standard InChI is InChI=1S/C18H20N2O3/c1-20(18(21)22)12-17-16-5-2-4-14(13-7-9-19-10-8-13)15(16)6-3-11-23-17/h2,4-5,7-10,17H,3,6,11-12H2,1H3,(H,21,22). The van der Waals surface area contributed by atoms with E-state index in [0.29, 0.717) is 13.2 Å². The van der Waals surface area contributed by atoms with Crippen LogP contribution in [0.5, 0.6) is 0 Å². The quantitative estimate of drug-likeness (QED) is 0.944. The Kier molecular flexibility index (Phi) is 4.57. The largest absolute Gasteiger partial charge is 0.465 e. The molecule has 1 unspecified atom stereocenters. The van der Waals surface area contributed by atoms with E-state index >= 15 is 0 Å². The molecule has 1 amide bonds. The molecule has 0 spiro atoms. The van der Waals surface area contributed by atoms with E-state index in [4.69, 9.17) is 9.84 Å². The molecule has 1 aliphatic heterocycles. The summed E-state index contributed by atoms with van der Waals surface area (Å²) in [4.78, 5) is 16.5. The number of hydrogen-bond acceptors (Lipinski definition) is 3. The van der Waals surface area contributed by atoms with Crippen LogP contribution in [-0.4, -0.2) is 41.3 Å². The van der Waals surface area contributed by atoms with Gasteiger partial charge >= 0.3 is 6.09 Å². The minimum absolute atomic E-state index is 0.226. The summed E-state index contributed by atoms with van der Waals surface area (Å²) in [6, 6.07) is 10.2. The van der Waals surface area contributed by atoms with Gasteiger partial charge in [-0.15, -0.1) is 0 Å². The van der Waals surface area contributed by atoms with Crippen LogP contribution in [0, 0.1) is 0 Å². The van der Waals surface area contributed by atoms with Gasteiger partial charge in [0.1, 0.15) is 6.10 Å². The lowest BCUT2D eigenvalue weighted by Crippen LogP contribution is -2.30. The Bertz CT molecular complexity index is 688. The predicted molar refractivity (Wildman–Crippen MR) is 87.3 cm³/mol. The second-order valence-corrected chi connectivity index (χ2v) is 5.74. The molecule has 120 valence electrons. The molecular formula is C18H20N2O3. The number of carbonyl (C=O) groups is 1. The SMILES string of the molecule is CN(CC1OCCCc2c(-c3ccncc3)cccc21)C(=O)O. The molecule has 1 aromatic carbocycles. The van der Waals surface area contributed by atoms with E-state index in [-0.39, 0.29) is 6.10 Å². The fourth-order valence-electron chi connectivity index (χ4n) is 3.03. The molecule has 0 fully saturated rings. The molecule has 1 aromatic heterocycles. The molecule has 1 aliphatic rings. The fourth-order valence-corrected chi connectivity index (χ4v) is 3.03. The number of nitrogens with zero attached hydrogens (tertiary/aromatic N) is 2. The number of pyridine rings is 1. The summed E-state index contributed by atoms with van der Waals surface area (Å²) in [7, 11) is 1.57. The molecule has 1 atom stereocenters. The van der Waals surface area contributed by atoms with Crippen molar-refractivity contribution in [3.05, 3.63) is 53.9 Å². The number of likely N-dealkylation sites (N-methyl/N-ethyl adjacent to an activating group) is 1. The molecular weight excluding hydrogens is 292 g/mol. The Morgan fingerprint density at radius 3 is 2.87 bits per heavy atom. The van der Waals surface area contributed by atoms with Crippen molar-refractivity contribution in [1.29, 1.82) is 0 Å². The van der Waals surface area contributed by atoms with Crippen molar-refractivity contribution < 1.29 is 14.6 Å². The summed E-state index contributed by atoms with van der Waals surface area (Å²) in [6.45, 7) is 0.977. The Morgan fingerprint density at radius 1 is 1.35 bits per heavy atom. The zero-order chi connectivity index (χ0) is 16.2. The van der Waals surface area contributed by atoms with Crippen LogP contribution in [0.25, 0.3) is 11.1 Å². The molecule has 3 rings (SSSR count). The van der Waals surface area contributed by atoms with Crippen LogP contribution in [0.1, 0.15) is 23.7 Å². The van der Waals surface area contributed by atoms with Crippen LogP contribution < -0.4 is 0 Å². The summed E-state index contributed by atoms with van der Waals surface area (Å²) in [5.74, 6) is 0. The van der Waals surface area contributed by atoms with Crippen LogP contribution in [0.15, 0.2) is 42.7 Å². The van der Waals surface area contributed by atoms with Gasteiger partial charge in [-0.2, -0.15) is 0 Å². The van der Waals surface area contributed by atoms with Gasteiger partial charge in [0, 0.05) is 26.0 Å². The zero-order valence-corrected chi connectivity index (χ0v) is 13.1. The molecule has 23 heavy (non-hydrogen) atoms. The van der Waals surface area contributed by atoms with Gasteiger partial charge in [-0.1, -0.05) is 18.2 Å². The van der Waals surface area contributed by atoms with Crippen molar-refractivity contribution in [2.45, 2.75) is 18.9 Å². The van der Waals surface area contributed by atoms with Gasteiger partial charge in [-0.3, -0.25) is 4.98 Å². The molecule has 5 nitrogen and oxygen atoms in total. The molecule has 0 bridgehead atoms. The van der Waals surface area contributed by atoms with Gasteiger partial charge in [0.2, 0.25) is 0 Å². The first-order chi connectivity index (χ1) is 11.2. The monoisotopic (exact) mass is 312 g/mol. The van der Waals surface area contributed by atoms with Gasteiger partial charge in [0.25, 0.3) is 0 Å². The summed E-state index contributed by atoms with van der Waals surface area (Å²) in [5.41, 5.74) is 4.65. The number of fused-ring (bicyclic) bond motifs is 1. The van der Waals surface area contributed by atoms with Crippen LogP contribution in [0.4, 0.5) is 4.79 Å². The van der Waals surface area contributed by atoms with E-state index in [9.17, 15) is 4.79 Å². The zero-order valence-electron chi connectivity index (χ0n) is 13.1. The van der Waals surface area contributed by atoms with Crippen molar-refractivity contribution in [2.24, 2.45) is 0 Å². The number of benzene rings is 1. The Labute approximate surface area is 135 Å². The minimum atomic E-state index is -0.940. The predicted octanol–water partition coefficient (Wildman–Crippen LogP) is 3.36. The number of aromatic nitrogens is 1. The van der Waals surface area contributed by atoms with Crippen molar-refractivity contribution in [2.75, 3.05) is 20.2 Å². The Morgan fingerprint density at radius 2 is 2.13 bits per heavy atom. The van der Waals surface area contributed by atoms with E-state index in [1.54, 1.807) is 19.4 Å². The molecule has 0 aliphatic carbocycles. The molecule has 2 heterocycles. The number of hydrogen-bond donors (Lipinski definition) is 1. The normalized spacial score (nSPS) is 17.2. The second kappa shape index (κ2) is 6.79. The van der Waals surface area contributed by atoms with E-state index in [1.165, 1.54) is 16.0 Å². The van der Waals surface area contributed by atoms with Crippen LogP contribution in [0.2, 0.25) is 0 Å². The van der Waals surface area contributed by atoms with E-state index in [2.05, 4.69) is 11.1 Å². The van der Waals surface area contributed by atoms with Gasteiger partial charge in [-0.25, -0.2) is 4.79 Å². The lowest BCUT2D eigenvalue weighted by atomic mass is 9.91. The first-order valence-corrected chi connectivity index (χ1v) is 7.74. The summed E-state index contributed by atoms with van der Waals surface area (Å²) in [5, 5.41) is 9.13. The summed E-state index contributed by atoms with van der Waals surface area (Å²) in [6.07, 6.45) is 4.28. The summed E-state index contributed by atoms with van der Waals surface area (Å²) < 4.78 is 5.92. The van der Waals surface area contributed by atoms with E-state index < -0.39 is 6.09 Å². The van der Waals surface area contributed by atoms with E-state index in [0.717, 1.165) is 24.0 Å². The van der Waals surface area contributed by atoms with Crippen molar-refractivity contribution in [3.63, 3.8) is 0 Å². The highest BCUT2D eigenvalue weighted by atomic mass is 16.5. The van der Waals surface area contributed by atoms with Crippen molar-refractivity contribution >= 4 is 6.09 Å². The Balaban J connectivity index is 2.00. The van der Waals surface area contributed by atoms with E-state index in [1.807, 2.05) is 24.3 Å². The van der Waals surface area contributed by atoms with Crippen LogP contribution in [0.3, 0.4) is 0 Å². The van der Waals surface area contributed by atoms with Crippen molar-refractivity contribution in [3.8, 4) is 11.1 Å². The Hall–Kier alpha value is -2.40. The third-order valence-electron chi connectivity index (χ3n) is 4.21. The lowest BCUT2D eigenvalue weighted by molar-refractivity contribution is 0.0345. The van der Waals surface area contributed by atoms with Crippen molar-refractivity contribution in [1.82, 2.24) is 9.88 Å². The minimum Gasteiger partial charge on any atom is -0.465 e. The molecule has 0 saturated carbocycles. The topological polar surface area (TPSA) is 62.7 Å². The third kappa shape index (κ3) is 3.35. The number of ether oxygens (including phenoxy) is 1. The highest BCUT2D eigenvalue weighted by Crippen LogP contribution is 2.34. The molecule has 5 heteroatoms. The van der Waals surface area contributed by atoms with Gasteiger partial charge in [-0.05, 0) is 47.2 Å². The molecule has 0 saturated heterocycles. The first kappa shape index (κ1) is 15.5. The van der Waals surface area contributed by atoms with Gasteiger partial charge < -0.3 is 14.7 Å². The smallest absolute Gasteiger partial charge is 0.407 e. The number of amides is 1. The number of carboxylic acid groups (broad SMARTS) is 1. The first-order valence-electron chi connectivity index (χ1n) is 7.74. The lowest BCUT2D eigenvalue weighted by Gasteiger charge is -2.23. The average molecular weight is 312 g/mol. The maximum atomic E-state index is 11.1. The average Bonchev–Trinajstić information content (AvgIpc) is 2.78. The third-order valence-corrected chi connectivity index (χ3v) is 4.21. The molecule has 0 radical (unpaired) electrons. The molecule has 1 N–H and O–H groups in total. The second-order valence-electron chi connectivity index (χ2n) is 5.74. The van der Waals surface area contributed by atoms with Crippen LogP contribution in [-0.2, 0) is 11.2 Å². The maximum Gasteiger partial charge on any atom is 0.407 e. The molecule has 2 aromatic rings. The van der Waals surface area contributed by atoms with Gasteiger partial charge in [0.15, 0.2) is 0 Å². The highest BCUT2D eigenvalue weighted by molar-refractivity contribution is 5.69. The summed E-state index contributed by atoms with van der Waals surface area (Å²) >= 11 is 0. The fraction of sp³-hybridized carbons (Fsp3) is 0.333.